The van der Waals surface area contributed by atoms with Gasteiger partial charge in [-0.2, -0.15) is 5.26 Å². The molecule has 3 N–H and O–H groups in total. The maximum atomic E-state index is 12.5. The highest BCUT2D eigenvalue weighted by Gasteiger charge is 2.22. The summed E-state index contributed by atoms with van der Waals surface area (Å²) in [7, 11) is 4.20. The average molecular weight is 465 g/mol. The van der Waals surface area contributed by atoms with Crippen molar-refractivity contribution in [2.24, 2.45) is 5.92 Å². The molecule has 182 valence electrons. The van der Waals surface area contributed by atoms with Gasteiger partial charge < -0.3 is 20.6 Å². The molecule has 3 rings (SSSR count). The standard InChI is InChI=1S/C21H22N2O3.C6H14N2/c1-14(2)12-19(20(24)23-11-10-22)18-5-3-4-17(13-18)15-6-8-16(9-7-15)21(25)26;1-7-6-3-4-8(2)5-6/h3-9,13-14,19H,11-12H2,1-2H3,(H,23,24)(H,25,26);6-7H,3-5H2,1-2H3. The molecule has 1 fully saturated rings. The van der Waals surface area contributed by atoms with E-state index in [1.165, 1.54) is 19.5 Å². The predicted octanol–water partition coefficient (Wildman–Crippen LogP) is 3.73. The SMILES string of the molecule is CC(C)CC(C(=O)NCC#N)c1cccc(-c2ccc(C(=O)O)cc2)c1.CNC1CCN(C)C1. The molecule has 7 nitrogen and oxygen atoms in total. The van der Waals surface area contributed by atoms with E-state index in [9.17, 15) is 9.59 Å². The van der Waals surface area contributed by atoms with Gasteiger partial charge in [-0.15, -0.1) is 0 Å². The third-order valence-corrected chi connectivity index (χ3v) is 5.92. The fourth-order valence-electron chi connectivity index (χ4n) is 4.03. The number of aromatic carboxylic acids is 1. The van der Waals surface area contributed by atoms with Crippen molar-refractivity contribution < 1.29 is 14.7 Å². The van der Waals surface area contributed by atoms with Crippen LogP contribution in [0, 0.1) is 17.2 Å². The van der Waals surface area contributed by atoms with Crippen molar-refractivity contribution in [1.82, 2.24) is 15.5 Å². The van der Waals surface area contributed by atoms with E-state index in [2.05, 4.69) is 36.4 Å². The van der Waals surface area contributed by atoms with Crippen LogP contribution in [0.1, 0.15) is 48.5 Å². The van der Waals surface area contributed by atoms with E-state index >= 15 is 0 Å². The molecule has 0 saturated carbocycles. The lowest BCUT2D eigenvalue weighted by Crippen LogP contribution is -2.30. The first-order chi connectivity index (χ1) is 16.2. The summed E-state index contributed by atoms with van der Waals surface area (Å²) >= 11 is 0. The number of carboxylic acid groups (broad SMARTS) is 1. The van der Waals surface area contributed by atoms with Crippen LogP contribution in [-0.2, 0) is 4.79 Å². The minimum absolute atomic E-state index is 0.0101. The van der Waals surface area contributed by atoms with E-state index in [-0.39, 0.29) is 23.9 Å². The summed E-state index contributed by atoms with van der Waals surface area (Å²) in [6.07, 6.45) is 1.99. The summed E-state index contributed by atoms with van der Waals surface area (Å²) in [5.74, 6) is -1.12. The predicted molar refractivity (Wildman–Crippen MR) is 135 cm³/mol. The number of likely N-dealkylation sites (N-methyl/N-ethyl adjacent to an activating group) is 2. The largest absolute Gasteiger partial charge is 0.478 e. The zero-order chi connectivity index (χ0) is 25.1. The number of carboxylic acids is 1. The highest BCUT2D eigenvalue weighted by atomic mass is 16.4. The second-order valence-corrected chi connectivity index (χ2v) is 9.10. The van der Waals surface area contributed by atoms with Crippen LogP contribution in [0.3, 0.4) is 0 Å². The molecule has 1 amide bonds. The van der Waals surface area contributed by atoms with Gasteiger partial charge >= 0.3 is 5.97 Å². The van der Waals surface area contributed by atoms with Crippen LogP contribution in [0.25, 0.3) is 11.1 Å². The molecule has 1 aliphatic heterocycles. The van der Waals surface area contributed by atoms with Crippen molar-refractivity contribution in [3.8, 4) is 17.2 Å². The number of nitrogens with zero attached hydrogens (tertiary/aromatic N) is 2. The van der Waals surface area contributed by atoms with Gasteiger partial charge in [0, 0.05) is 12.6 Å². The van der Waals surface area contributed by atoms with Crippen molar-refractivity contribution >= 4 is 11.9 Å². The molecule has 1 aliphatic rings. The Hall–Kier alpha value is -3.21. The van der Waals surface area contributed by atoms with Crippen LogP contribution in [0.5, 0.6) is 0 Å². The zero-order valence-electron chi connectivity index (χ0n) is 20.5. The molecule has 1 heterocycles. The number of carbonyl (C=O) groups excluding carboxylic acids is 1. The van der Waals surface area contributed by atoms with Crippen molar-refractivity contribution in [3.63, 3.8) is 0 Å². The van der Waals surface area contributed by atoms with Gasteiger partial charge in [-0.05, 0) is 68.2 Å². The highest BCUT2D eigenvalue weighted by molar-refractivity contribution is 5.88. The summed E-state index contributed by atoms with van der Waals surface area (Å²) in [6, 6.07) is 17.0. The van der Waals surface area contributed by atoms with Gasteiger partial charge in [0.25, 0.3) is 0 Å². The number of likely N-dealkylation sites (tertiary alicyclic amines) is 1. The number of hydrogen-bond donors (Lipinski definition) is 3. The third kappa shape index (κ3) is 8.29. The van der Waals surface area contributed by atoms with Gasteiger partial charge in [0.2, 0.25) is 5.91 Å². The lowest BCUT2D eigenvalue weighted by molar-refractivity contribution is -0.122. The second kappa shape index (κ2) is 13.5. The first-order valence-electron chi connectivity index (χ1n) is 11.7. The van der Waals surface area contributed by atoms with E-state index < -0.39 is 5.97 Å². The molecule has 0 aliphatic carbocycles. The van der Waals surface area contributed by atoms with Gasteiger partial charge in [-0.1, -0.05) is 50.2 Å². The van der Waals surface area contributed by atoms with E-state index in [1.54, 1.807) is 24.3 Å². The molecule has 0 radical (unpaired) electrons. The molecule has 0 bridgehead atoms. The summed E-state index contributed by atoms with van der Waals surface area (Å²) in [5.41, 5.74) is 2.92. The van der Waals surface area contributed by atoms with Crippen molar-refractivity contribution in [2.75, 3.05) is 33.7 Å². The van der Waals surface area contributed by atoms with Gasteiger partial charge in [0.1, 0.15) is 6.54 Å². The van der Waals surface area contributed by atoms with Crippen LogP contribution in [0.15, 0.2) is 48.5 Å². The van der Waals surface area contributed by atoms with Crippen LogP contribution in [-0.4, -0.2) is 61.7 Å². The van der Waals surface area contributed by atoms with Crippen molar-refractivity contribution in [3.05, 3.63) is 59.7 Å². The Morgan fingerprint density at radius 2 is 1.88 bits per heavy atom. The number of rotatable bonds is 8. The van der Waals surface area contributed by atoms with Crippen LogP contribution in [0.2, 0.25) is 0 Å². The maximum absolute atomic E-state index is 12.5. The molecule has 2 aromatic carbocycles. The molecule has 0 spiro atoms. The molecule has 2 aromatic rings. The van der Waals surface area contributed by atoms with E-state index in [1.807, 2.05) is 37.4 Å². The number of nitriles is 1. The number of nitrogens with one attached hydrogen (secondary N) is 2. The quantitative estimate of drug-likeness (QED) is 0.514. The van der Waals surface area contributed by atoms with E-state index in [0.29, 0.717) is 12.3 Å². The Morgan fingerprint density at radius 3 is 2.38 bits per heavy atom. The lowest BCUT2D eigenvalue weighted by atomic mass is 9.88. The molecule has 1 saturated heterocycles. The summed E-state index contributed by atoms with van der Waals surface area (Å²) < 4.78 is 0. The smallest absolute Gasteiger partial charge is 0.335 e. The second-order valence-electron chi connectivity index (χ2n) is 9.10. The lowest BCUT2D eigenvalue weighted by Gasteiger charge is -2.19. The van der Waals surface area contributed by atoms with Gasteiger partial charge in [-0.3, -0.25) is 4.79 Å². The summed E-state index contributed by atoms with van der Waals surface area (Å²) in [4.78, 5) is 25.8. The van der Waals surface area contributed by atoms with Crippen molar-refractivity contribution in [2.45, 2.75) is 38.6 Å². The summed E-state index contributed by atoms with van der Waals surface area (Å²) in [6.45, 7) is 6.57. The Bertz CT molecular complexity index is 982. The Balaban J connectivity index is 0.000000430. The molecule has 2 atom stereocenters. The Morgan fingerprint density at radius 1 is 1.18 bits per heavy atom. The number of carbonyl (C=O) groups is 2. The first-order valence-corrected chi connectivity index (χ1v) is 11.7. The molecule has 34 heavy (non-hydrogen) atoms. The van der Waals surface area contributed by atoms with Crippen molar-refractivity contribution in [1.29, 1.82) is 5.26 Å². The van der Waals surface area contributed by atoms with Gasteiger partial charge in [-0.25, -0.2) is 4.79 Å². The number of benzene rings is 2. The van der Waals surface area contributed by atoms with Crippen LogP contribution in [0.4, 0.5) is 0 Å². The van der Waals surface area contributed by atoms with Crippen LogP contribution < -0.4 is 10.6 Å². The van der Waals surface area contributed by atoms with Crippen LogP contribution >= 0.6 is 0 Å². The molecular weight excluding hydrogens is 428 g/mol. The van der Waals surface area contributed by atoms with Gasteiger partial charge in [0.05, 0.1) is 17.6 Å². The number of hydrogen-bond acceptors (Lipinski definition) is 5. The maximum Gasteiger partial charge on any atom is 0.335 e. The highest BCUT2D eigenvalue weighted by Crippen LogP contribution is 2.28. The zero-order valence-corrected chi connectivity index (χ0v) is 20.5. The monoisotopic (exact) mass is 464 g/mol. The van der Waals surface area contributed by atoms with E-state index in [4.69, 9.17) is 10.4 Å². The minimum atomic E-state index is -0.962. The Labute approximate surface area is 202 Å². The molecule has 0 aromatic heterocycles. The fourth-order valence-corrected chi connectivity index (χ4v) is 4.03. The third-order valence-electron chi connectivity index (χ3n) is 5.92. The number of amides is 1. The molecule has 7 heteroatoms. The molecule has 2 unspecified atom stereocenters. The molecular formula is C27H36N4O3. The fraction of sp³-hybridized carbons (Fsp3) is 0.444. The normalized spacial score (nSPS) is 16.3. The minimum Gasteiger partial charge on any atom is -0.478 e. The first kappa shape index (κ1) is 27.0. The average Bonchev–Trinajstić information content (AvgIpc) is 3.27. The van der Waals surface area contributed by atoms with E-state index in [0.717, 1.165) is 22.7 Å². The van der Waals surface area contributed by atoms with Gasteiger partial charge in [0.15, 0.2) is 0 Å². The topological polar surface area (TPSA) is 105 Å². The Kier molecular flexibility index (Phi) is 10.7. The summed E-state index contributed by atoms with van der Waals surface area (Å²) in [5, 5.41) is 23.6.